The lowest BCUT2D eigenvalue weighted by Gasteiger charge is -2.38. The number of rotatable bonds is 3. The Kier molecular flexibility index (Phi) is 5.33. The van der Waals surface area contributed by atoms with Gasteiger partial charge in [0.25, 0.3) is 0 Å². The van der Waals surface area contributed by atoms with Crippen molar-refractivity contribution in [2.45, 2.75) is 24.7 Å². The van der Waals surface area contributed by atoms with Gasteiger partial charge in [-0.05, 0) is 79.9 Å². The molecule has 0 fully saturated rings. The van der Waals surface area contributed by atoms with Crippen molar-refractivity contribution in [1.82, 2.24) is 4.57 Å². The molecule has 10 rings (SSSR count). The van der Waals surface area contributed by atoms with E-state index in [0.717, 1.165) is 0 Å². The highest BCUT2D eigenvalue weighted by molar-refractivity contribution is 6.09. The normalized spacial score (nSPS) is 14.9. The van der Waals surface area contributed by atoms with Gasteiger partial charge in [-0.1, -0.05) is 153 Å². The van der Waals surface area contributed by atoms with E-state index < -0.39 is 5.41 Å². The molecule has 2 aliphatic carbocycles. The van der Waals surface area contributed by atoms with Crippen LogP contribution in [0.3, 0.4) is 0 Å². The van der Waals surface area contributed by atoms with Crippen molar-refractivity contribution in [3.63, 3.8) is 0 Å². The van der Waals surface area contributed by atoms with Crippen LogP contribution in [0.4, 0.5) is 0 Å². The second kappa shape index (κ2) is 9.44. The number of hydrogen-bond donors (Lipinski definition) is 0. The van der Waals surface area contributed by atoms with E-state index in [2.05, 4.69) is 182 Å². The molecule has 7 aromatic carbocycles. The van der Waals surface area contributed by atoms with Gasteiger partial charge in [-0.25, -0.2) is 0 Å². The van der Waals surface area contributed by atoms with Crippen LogP contribution in [0.1, 0.15) is 47.2 Å². The lowest BCUT2D eigenvalue weighted by Crippen LogP contribution is -2.32. The number of nitrogens with zero attached hydrogens (tertiary/aromatic N) is 1. The zero-order chi connectivity index (χ0) is 31.3. The molecule has 0 atom stereocenters. The highest BCUT2D eigenvalue weighted by Crippen LogP contribution is 2.61. The first-order valence-corrected chi connectivity index (χ1v) is 16.6. The van der Waals surface area contributed by atoms with Gasteiger partial charge in [0, 0.05) is 21.9 Å². The molecule has 2 aliphatic rings. The van der Waals surface area contributed by atoms with Crippen LogP contribution in [-0.4, -0.2) is 4.57 Å². The monoisotopic (exact) mass is 599 g/mol. The Morgan fingerprint density at radius 3 is 1.66 bits per heavy atom. The summed E-state index contributed by atoms with van der Waals surface area (Å²) in [4.78, 5) is 0. The van der Waals surface area contributed by atoms with E-state index in [9.17, 15) is 0 Å². The minimum atomic E-state index is -0.510. The summed E-state index contributed by atoms with van der Waals surface area (Å²) in [6.07, 6.45) is 0. The molecule has 0 N–H and O–H groups in total. The Balaban J connectivity index is 1.38. The molecule has 0 saturated heterocycles. The maximum Gasteiger partial charge on any atom is 0.0717 e. The Bertz CT molecular complexity index is 2500. The second-order valence-corrected chi connectivity index (χ2v) is 13.7. The van der Waals surface area contributed by atoms with Crippen molar-refractivity contribution in [1.29, 1.82) is 0 Å². The van der Waals surface area contributed by atoms with E-state index >= 15 is 0 Å². The maximum absolute atomic E-state index is 2.50. The van der Waals surface area contributed by atoms with Crippen LogP contribution in [0.25, 0.3) is 49.7 Å². The van der Waals surface area contributed by atoms with Crippen LogP contribution in [-0.2, 0) is 10.8 Å². The van der Waals surface area contributed by atoms with E-state index in [1.807, 2.05) is 0 Å². The summed E-state index contributed by atoms with van der Waals surface area (Å²) < 4.78 is 2.45. The van der Waals surface area contributed by atoms with Crippen LogP contribution >= 0.6 is 0 Å². The molecule has 222 valence electrons. The average Bonchev–Trinajstić information content (AvgIpc) is 3.70. The highest BCUT2D eigenvalue weighted by Gasteiger charge is 2.50. The van der Waals surface area contributed by atoms with Crippen LogP contribution in [0.5, 0.6) is 0 Å². The Morgan fingerprint density at radius 1 is 0.404 bits per heavy atom. The molecular weight excluding hydrogens is 567 g/mol. The molecule has 0 unspecified atom stereocenters. The number of hydrogen-bond acceptors (Lipinski definition) is 0. The zero-order valence-electron chi connectivity index (χ0n) is 26.5. The first-order valence-electron chi connectivity index (χ1n) is 16.6. The zero-order valence-corrected chi connectivity index (χ0v) is 26.5. The van der Waals surface area contributed by atoms with Crippen molar-refractivity contribution in [3.8, 4) is 27.9 Å². The second-order valence-electron chi connectivity index (χ2n) is 13.7. The predicted molar refractivity (Wildman–Crippen MR) is 196 cm³/mol. The van der Waals surface area contributed by atoms with Crippen LogP contribution in [0.2, 0.25) is 0 Å². The van der Waals surface area contributed by atoms with E-state index in [1.165, 1.54) is 83.1 Å². The average molecular weight is 600 g/mol. The van der Waals surface area contributed by atoms with E-state index in [-0.39, 0.29) is 5.41 Å². The van der Waals surface area contributed by atoms with Crippen LogP contribution in [0.15, 0.2) is 164 Å². The van der Waals surface area contributed by atoms with Gasteiger partial charge in [-0.2, -0.15) is 0 Å². The third kappa shape index (κ3) is 3.34. The summed E-state index contributed by atoms with van der Waals surface area (Å²) in [5.74, 6) is 0. The highest BCUT2D eigenvalue weighted by atomic mass is 15.0. The van der Waals surface area contributed by atoms with Crippen molar-refractivity contribution in [2.24, 2.45) is 0 Å². The molecule has 0 bridgehead atoms. The lowest BCUT2D eigenvalue weighted by molar-refractivity contribution is 0.631. The molecule has 1 heterocycles. The van der Waals surface area contributed by atoms with Gasteiger partial charge in [0.15, 0.2) is 0 Å². The Hall–Kier alpha value is -5.66. The summed E-state index contributed by atoms with van der Waals surface area (Å²) in [6.45, 7) is 4.83. The van der Waals surface area contributed by atoms with Gasteiger partial charge in [-0.15, -0.1) is 0 Å². The third-order valence-electron chi connectivity index (χ3n) is 11.1. The molecule has 0 spiro atoms. The molecule has 1 aromatic heterocycles. The SMILES string of the molecule is CC1(C)c2ccccc2-c2cccc(C3(c4ccc5c6ccccc6n(-c6ccccc6)c5c4)c4ccccc4-c4ccccc43)c21. The number of benzene rings is 7. The number of fused-ring (bicyclic) bond motifs is 9. The molecule has 0 aliphatic heterocycles. The minimum Gasteiger partial charge on any atom is -0.309 e. The number of para-hydroxylation sites is 2. The van der Waals surface area contributed by atoms with Crippen LogP contribution < -0.4 is 0 Å². The molecule has 1 nitrogen and oxygen atoms in total. The summed E-state index contributed by atoms with van der Waals surface area (Å²) in [5.41, 5.74) is 16.5. The van der Waals surface area contributed by atoms with Gasteiger partial charge in [0.05, 0.1) is 16.4 Å². The maximum atomic E-state index is 2.50. The number of aromatic nitrogens is 1. The largest absolute Gasteiger partial charge is 0.309 e. The predicted octanol–water partition coefficient (Wildman–Crippen LogP) is 11.5. The molecule has 0 saturated carbocycles. The van der Waals surface area contributed by atoms with E-state index in [0.29, 0.717) is 0 Å². The molecule has 0 radical (unpaired) electrons. The van der Waals surface area contributed by atoms with Crippen molar-refractivity contribution in [3.05, 3.63) is 197 Å². The van der Waals surface area contributed by atoms with Gasteiger partial charge in [0.1, 0.15) is 0 Å². The molecule has 8 aromatic rings. The minimum absolute atomic E-state index is 0.162. The Morgan fingerprint density at radius 2 is 0.936 bits per heavy atom. The first-order chi connectivity index (χ1) is 23.1. The fourth-order valence-corrected chi connectivity index (χ4v) is 9.21. The van der Waals surface area contributed by atoms with Crippen molar-refractivity contribution in [2.75, 3.05) is 0 Å². The van der Waals surface area contributed by atoms with E-state index in [1.54, 1.807) is 0 Å². The van der Waals surface area contributed by atoms with Gasteiger partial charge >= 0.3 is 0 Å². The fourth-order valence-electron chi connectivity index (χ4n) is 9.21. The smallest absolute Gasteiger partial charge is 0.0717 e. The molecular formula is C46H33N. The van der Waals surface area contributed by atoms with Crippen molar-refractivity contribution < 1.29 is 0 Å². The topological polar surface area (TPSA) is 4.93 Å². The molecule has 1 heteroatoms. The van der Waals surface area contributed by atoms with Crippen molar-refractivity contribution >= 4 is 21.8 Å². The summed E-state index contributed by atoms with van der Waals surface area (Å²) in [7, 11) is 0. The standard InChI is InChI=1S/C46H33N/c1-45(2)38-22-10-6-19-34(38)37-21-14-25-41(44(37)45)46(39-23-11-7-17-32(39)33-18-8-12-24-40(33)46)30-27-28-36-35-20-9-13-26-42(35)47(43(36)29-30)31-15-4-3-5-16-31/h3-29H,1-2H3. The summed E-state index contributed by atoms with van der Waals surface area (Å²) >= 11 is 0. The molecule has 0 amide bonds. The van der Waals surface area contributed by atoms with Gasteiger partial charge in [-0.3, -0.25) is 0 Å². The summed E-state index contributed by atoms with van der Waals surface area (Å²) in [5, 5.41) is 2.55. The fraction of sp³-hybridized carbons (Fsp3) is 0.0870. The van der Waals surface area contributed by atoms with Crippen LogP contribution in [0, 0.1) is 0 Å². The quantitative estimate of drug-likeness (QED) is 0.190. The lowest BCUT2D eigenvalue weighted by atomic mass is 9.63. The summed E-state index contributed by atoms with van der Waals surface area (Å²) in [6, 6.07) is 61.2. The van der Waals surface area contributed by atoms with Gasteiger partial charge < -0.3 is 4.57 Å². The Labute approximate surface area is 275 Å². The van der Waals surface area contributed by atoms with Gasteiger partial charge in [0.2, 0.25) is 0 Å². The first kappa shape index (κ1) is 26.5. The van der Waals surface area contributed by atoms with E-state index in [4.69, 9.17) is 0 Å². The third-order valence-corrected chi connectivity index (χ3v) is 11.1. The molecule has 47 heavy (non-hydrogen) atoms.